The molecule has 0 saturated carbocycles. The van der Waals surface area contributed by atoms with Crippen LogP contribution in [-0.4, -0.2) is 75.8 Å². The molecule has 5 nitrogen and oxygen atoms in total. The third kappa shape index (κ3) is 8.55. The number of aliphatic hydroxyl groups is 1. The van der Waals surface area contributed by atoms with Gasteiger partial charge in [-0.15, -0.1) is 0 Å². The fraction of sp³-hybridized carbons (Fsp3) is 1.00. The first-order valence-corrected chi connectivity index (χ1v) is 7.45. The quantitative estimate of drug-likeness (QED) is 0.562. The molecule has 0 radical (unpaired) electrons. The smallest absolute Gasteiger partial charge is 0.0897 e. The predicted octanol–water partition coefficient (Wildman–Crippen LogP) is 0.332. The van der Waals surface area contributed by atoms with Crippen molar-refractivity contribution in [2.45, 2.75) is 25.9 Å². The van der Waals surface area contributed by atoms with E-state index in [9.17, 15) is 5.11 Å². The Bertz CT molecular complexity index is 217. The summed E-state index contributed by atoms with van der Waals surface area (Å²) in [6.45, 7) is 8.18. The van der Waals surface area contributed by atoms with Gasteiger partial charge in [0.05, 0.1) is 25.9 Å². The molecule has 1 aliphatic heterocycles. The summed E-state index contributed by atoms with van der Waals surface area (Å²) >= 11 is 0. The van der Waals surface area contributed by atoms with Gasteiger partial charge in [0.15, 0.2) is 0 Å². The van der Waals surface area contributed by atoms with Crippen molar-refractivity contribution in [2.24, 2.45) is 5.92 Å². The van der Waals surface area contributed by atoms with Gasteiger partial charge in [-0.3, -0.25) is 0 Å². The van der Waals surface area contributed by atoms with E-state index in [2.05, 4.69) is 17.3 Å². The maximum absolute atomic E-state index is 9.75. The molecule has 2 atom stereocenters. The molecule has 2 unspecified atom stereocenters. The van der Waals surface area contributed by atoms with Crippen LogP contribution in [0.2, 0.25) is 0 Å². The molecule has 19 heavy (non-hydrogen) atoms. The Morgan fingerprint density at radius 1 is 1.37 bits per heavy atom. The highest BCUT2D eigenvalue weighted by atomic mass is 16.5. The molecule has 0 spiro atoms. The van der Waals surface area contributed by atoms with Crippen LogP contribution in [-0.2, 0) is 9.47 Å². The van der Waals surface area contributed by atoms with Gasteiger partial charge < -0.3 is 24.8 Å². The van der Waals surface area contributed by atoms with Gasteiger partial charge in [0, 0.05) is 19.7 Å². The Morgan fingerprint density at radius 2 is 2.16 bits per heavy atom. The zero-order valence-corrected chi connectivity index (χ0v) is 12.4. The summed E-state index contributed by atoms with van der Waals surface area (Å²) < 4.78 is 10.5. The Morgan fingerprint density at radius 3 is 2.89 bits per heavy atom. The molecule has 1 heterocycles. The number of rotatable bonds is 10. The fourth-order valence-electron chi connectivity index (χ4n) is 2.43. The third-order valence-corrected chi connectivity index (χ3v) is 3.42. The van der Waals surface area contributed by atoms with Crippen LogP contribution in [0.1, 0.15) is 19.8 Å². The highest BCUT2D eigenvalue weighted by molar-refractivity contribution is 4.73. The van der Waals surface area contributed by atoms with Crippen molar-refractivity contribution < 1.29 is 14.6 Å². The SMILES string of the molecule is CCOCCOCC(O)CNCC1CCCN(C)C1. The van der Waals surface area contributed by atoms with Crippen molar-refractivity contribution in [3.63, 3.8) is 0 Å². The highest BCUT2D eigenvalue weighted by Gasteiger charge is 2.16. The molecule has 0 bridgehead atoms. The van der Waals surface area contributed by atoms with Gasteiger partial charge >= 0.3 is 0 Å². The fourth-order valence-corrected chi connectivity index (χ4v) is 2.43. The van der Waals surface area contributed by atoms with E-state index in [-0.39, 0.29) is 0 Å². The van der Waals surface area contributed by atoms with Gasteiger partial charge in [0.25, 0.3) is 0 Å². The van der Waals surface area contributed by atoms with Gasteiger partial charge in [-0.25, -0.2) is 0 Å². The lowest BCUT2D eigenvalue weighted by Crippen LogP contribution is -2.40. The number of piperidine rings is 1. The molecule has 1 fully saturated rings. The van der Waals surface area contributed by atoms with Gasteiger partial charge in [0.1, 0.15) is 0 Å². The van der Waals surface area contributed by atoms with E-state index in [0.717, 1.165) is 13.1 Å². The molecule has 0 amide bonds. The Hall–Kier alpha value is -0.200. The summed E-state index contributed by atoms with van der Waals surface area (Å²) in [5.41, 5.74) is 0. The molecule has 0 aromatic heterocycles. The lowest BCUT2D eigenvalue weighted by Gasteiger charge is -2.30. The standard InChI is InChI=1S/C14H30N2O3/c1-3-18-7-8-19-12-14(17)10-15-9-13-5-4-6-16(2)11-13/h13-15,17H,3-12H2,1-2H3. The summed E-state index contributed by atoms with van der Waals surface area (Å²) in [6.07, 6.45) is 2.15. The minimum Gasteiger partial charge on any atom is -0.389 e. The Balaban J connectivity index is 1.93. The van der Waals surface area contributed by atoms with E-state index >= 15 is 0 Å². The molecule has 0 aromatic carbocycles. The van der Waals surface area contributed by atoms with Crippen molar-refractivity contribution in [1.29, 1.82) is 0 Å². The van der Waals surface area contributed by atoms with Crippen LogP contribution >= 0.6 is 0 Å². The summed E-state index contributed by atoms with van der Waals surface area (Å²) in [7, 11) is 2.17. The third-order valence-electron chi connectivity index (χ3n) is 3.42. The van der Waals surface area contributed by atoms with Gasteiger partial charge in [-0.1, -0.05) is 0 Å². The maximum Gasteiger partial charge on any atom is 0.0897 e. The second-order valence-corrected chi connectivity index (χ2v) is 5.35. The van der Waals surface area contributed by atoms with Gasteiger partial charge in [0.2, 0.25) is 0 Å². The number of hydrogen-bond acceptors (Lipinski definition) is 5. The maximum atomic E-state index is 9.75. The second-order valence-electron chi connectivity index (χ2n) is 5.35. The monoisotopic (exact) mass is 274 g/mol. The van der Waals surface area contributed by atoms with Crippen LogP contribution in [0, 0.1) is 5.92 Å². The normalized spacial score (nSPS) is 22.6. The molecule has 0 aliphatic carbocycles. The van der Waals surface area contributed by atoms with Crippen molar-refractivity contribution >= 4 is 0 Å². The van der Waals surface area contributed by atoms with E-state index < -0.39 is 6.10 Å². The molecular formula is C14H30N2O3. The van der Waals surface area contributed by atoms with Crippen LogP contribution in [0.5, 0.6) is 0 Å². The minimum atomic E-state index is -0.428. The zero-order valence-electron chi connectivity index (χ0n) is 12.4. The lowest BCUT2D eigenvalue weighted by atomic mass is 9.98. The van der Waals surface area contributed by atoms with Crippen LogP contribution < -0.4 is 5.32 Å². The van der Waals surface area contributed by atoms with E-state index in [1.165, 1.54) is 19.4 Å². The average molecular weight is 274 g/mol. The Kier molecular flexibility index (Phi) is 9.38. The first kappa shape index (κ1) is 16.9. The number of nitrogens with zero attached hydrogens (tertiary/aromatic N) is 1. The molecule has 1 saturated heterocycles. The summed E-state index contributed by atoms with van der Waals surface area (Å²) in [6, 6.07) is 0. The number of ether oxygens (including phenoxy) is 2. The van der Waals surface area contributed by atoms with Crippen molar-refractivity contribution in [3.8, 4) is 0 Å². The van der Waals surface area contributed by atoms with E-state index in [1.54, 1.807) is 0 Å². The van der Waals surface area contributed by atoms with Gasteiger partial charge in [-0.2, -0.15) is 0 Å². The summed E-state index contributed by atoms with van der Waals surface area (Å²) in [5.74, 6) is 0.713. The van der Waals surface area contributed by atoms with Gasteiger partial charge in [-0.05, 0) is 45.8 Å². The molecule has 2 N–H and O–H groups in total. The minimum absolute atomic E-state index is 0.380. The molecule has 0 aromatic rings. The largest absolute Gasteiger partial charge is 0.389 e. The molecule has 114 valence electrons. The molecule has 1 rings (SSSR count). The highest BCUT2D eigenvalue weighted by Crippen LogP contribution is 2.13. The summed E-state index contributed by atoms with van der Waals surface area (Å²) in [5, 5.41) is 13.1. The van der Waals surface area contributed by atoms with Crippen LogP contribution in [0.3, 0.4) is 0 Å². The van der Waals surface area contributed by atoms with E-state index in [4.69, 9.17) is 9.47 Å². The summed E-state index contributed by atoms with van der Waals surface area (Å²) in [4.78, 5) is 2.38. The number of hydrogen-bond donors (Lipinski definition) is 2. The van der Waals surface area contributed by atoms with Crippen molar-refractivity contribution in [3.05, 3.63) is 0 Å². The van der Waals surface area contributed by atoms with E-state index in [0.29, 0.717) is 38.9 Å². The number of likely N-dealkylation sites (tertiary alicyclic amines) is 1. The number of nitrogens with one attached hydrogen (secondary N) is 1. The van der Waals surface area contributed by atoms with E-state index in [1.807, 2.05) is 6.92 Å². The average Bonchev–Trinajstić information content (AvgIpc) is 2.38. The molecule has 1 aliphatic rings. The Labute approximate surface area is 117 Å². The topological polar surface area (TPSA) is 54.0 Å². The lowest BCUT2D eigenvalue weighted by molar-refractivity contribution is 0.00609. The number of aliphatic hydroxyl groups excluding tert-OH is 1. The van der Waals surface area contributed by atoms with Crippen LogP contribution in [0.15, 0.2) is 0 Å². The first-order chi connectivity index (χ1) is 9.22. The van der Waals surface area contributed by atoms with Crippen molar-refractivity contribution in [2.75, 3.05) is 59.7 Å². The van der Waals surface area contributed by atoms with Crippen molar-refractivity contribution in [1.82, 2.24) is 10.2 Å². The zero-order chi connectivity index (χ0) is 13.9. The van der Waals surface area contributed by atoms with Crippen LogP contribution in [0.25, 0.3) is 0 Å². The molecule has 5 heteroatoms. The van der Waals surface area contributed by atoms with Crippen LogP contribution in [0.4, 0.5) is 0 Å². The second kappa shape index (κ2) is 10.6. The first-order valence-electron chi connectivity index (χ1n) is 7.45. The molecular weight excluding hydrogens is 244 g/mol. The predicted molar refractivity (Wildman–Crippen MR) is 76.4 cm³/mol.